The van der Waals surface area contributed by atoms with Crippen molar-refractivity contribution < 1.29 is 145 Å². The van der Waals surface area contributed by atoms with Crippen LogP contribution in [-0.2, 0) is 83.1 Å². The number of aryl methyl sites for hydroxylation is 2. The number of benzene rings is 2. The number of hydrogen-bond acceptors (Lipinski definition) is 20. The molecular weight excluding hydrogens is 1170 g/mol. The molecular formula is C48H58ClCsF2N12O14. The third-order valence-electron chi connectivity index (χ3n) is 11.7. The number of rotatable bonds is 15. The van der Waals surface area contributed by atoms with E-state index in [1.807, 2.05) is 36.3 Å². The Hall–Kier alpha value is -6.06. The van der Waals surface area contributed by atoms with Gasteiger partial charge in [-0.3, -0.25) is 38.4 Å². The Morgan fingerprint density at radius 3 is 1.45 bits per heavy atom. The number of carbonyl (C=O) groups is 8. The van der Waals surface area contributed by atoms with Crippen molar-refractivity contribution in [1.82, 2.24) is 39.2 Å². The number of alkyl halides is 1. The summed E-state index contributed by atoms with van der Waals surface area (Å²) in [7, 11) is 10.4. The van der Waals surface area contributed by atoms with E-state index < -0.39 is 84.8 Å². The van der Waals surface area contributed by atoms with Gasteiger partial charge in [-0.05, 0) is 64.6 Å². The second-order valence-electron chi connectivity index (χ2n) is 18.4. The fourth-order valence-corrected chi connectivity index (χ4v) is 8.49. The molecule has 4 aromatic rings. The first-order valence-electron chi connectivity index (χ1n) is 23.6. The maximum absolute atomic E-state index is 15.1. The number of carboxylic acid groups (broad SMARTS) is 1. The van der Waals surface area contributed by atoms with E-state index in [4.69, 9.17) is 30.5 Å². The van der Waals surface area contributed by atoms with Crippen LogP contribution < -0.4 is 93.6 Å². The molecule has 78 heavy (non-hydrogen) atoms. The number of likely N-dealkylation sites (N-methyl/N-ethyl adjacent to an activating group) is 2. The summed E-state index contributed by atoms with van der Waals surface area (Å²) >= 11 is 5.37. The minimum Gasteiger partial charge on any atom is -0.549 e. The van der Waals surface area contributed by atoms with Crippen molar-refractivity contribution in [2.75, 3.05) is 99.9 Å². The molecule has 6 heterocycles. The minimum absolute atomic E-state index is 0. The molecule has 416 valence electrons. The number of nitrogens with zero attached hydrogens (tertiary/aromatic N) is 12. The molecule has 2 saturated heterocycles. The fourth-order valence-electron chi connectivity index (χ4n) is 8.40. The molecule has 2 atom stereocenters. The summed E-state index contributed by atoms with van der Waals surface area (Å²) in [4.78, 5) is 105. The second kappa shape index (κ2) is 28.2. The number of esters is 1. The number of fused-ring (bicyclic) bond motifs is 2. The summed E-state index contributed by atoms with van der Waals surface area (Å²) in [6, 6.07) is 8.53. The van der Waals surface area contributed by atoms with E-state index in [1.54, 1.807) is 66.7 Å². The molecule has 6 amide bonds. The molecule has 0 unspecified atom stereocenters. The van der Waals surface area contributed by atoms with Gasteiger partial charge in [0.25, 0.3) is 0 Å². The van der Waals surface area contributed by atoms with E-state index in [0.717, 1.165) is 39.2 Å². The van der Waals surface area contributed by atoms with Crippen LogP contribution in [0, 0.1) is 11.6 Å². The second-order valence-corrected chi connectivity index (χ2v) is 18.7. The van der Waals surface area contributed by atoms with Gasteiger partial charge in [-0.25, -0.2) is 37.8 Å². The monoisotopic (exact) mass is 1230 g/mol. The fraction of sp³-hybridized carbons (Fsp3) is 0.458. The van der Waals surface area contributed by atoms with Crippen molar-refractivity contribution in [2.24, 2.45) is 14.1 Å². The molecule has 0 spiro atoms. The zero-order valence-corrected chi connectivity index (χ0v) is 51.5. The quantitative estimate of drug-likeness (QED) is 0.0619. The van der Waals surface area contributed by atoms with Crippen LogP contribution >= 0.6 is 11.6 Å². The average Bonchev–Trinajstić information content (AvgIpc) is 4.19. The van der Waals surface area contributed by atoms with Crippen LogP contribution in [0.5, 0.6) is 0 Å². The predicted octanol–water partition coefficient (Wildman–Crippen LogP) is -0.660. The molecule has 8 rings (SSSR count). The number of cyclic esters (lactones) is 2. The van der Waals surface area contributed by atoms with Crippen LogP contribution in [0.1, 0.15) is 36.4 Å². The molecule has 0 radical (unpaired) electrons. The number of halogens is 3. The number of ether oxygens (including phenoxy) is 5. The summed E-state index contributed by atoms with van der Waals surface area (Å²) in [5.74, 6) is -3.87. The van der Waals surface area contributed by atoms with E-state index in [-0.39, 0.29) is 114 Å². The predicted molar refractivity (Wildman–Crippen MR) is 266 cm³/mol. The first kappa shape index (κ1) is 62.8. The van der Waals surface area contributed by atoms with Gasteiger partial charge < -0.3 is 48.3 Å². The Kier molecular flexibility index (Phi) is 22.7. The zero-order chi connectivity index (χ0) is 56.4. The average molecular weight is 1230 g/mol. The number of hydrogen-bond donors (Lipinski definition) is 0. The molecule has 2 aromatic heterocycles. The SMILES string of the molecule is CC(=O)N(C[C@H]1CN(c2ccc(N3Cc4cn(C)nc4C3)c(F)c2)C(=O)O1)C(=O)OCCl.CC(=O)N(C[C@H]1CN(c2ccc(N3Cc4cn(C)nc4C3)c(F)c2)C(=O)O1)C(=O)OCOC(=O)CN(C)C.CN(C)CC(=O)[O-].[Cs+]. The third kappa shape index (κ3) is 16.7. The Morgan fingerprint density at radius 2 is 1.10 bits per heavy atom. The van der Waals surface area contributed by atoms with Gasteiger partial charge in [0, 0.05) is 71.1 Å². The van der Waals surface area contributed by atoms with E-state index in [9.17, 15) is 47.9 Å². The van der Waals surface area contributed by atoms with Crippen LogP contribution in [0.25, 0.3) is 0 Å². The molecule has 2 fully saturated rings. The van der Waals surface area contributed by atoms with Gasteiger partial charge in [-0.2, -0.15) is 10.2 Å². The molecule has 0 saturated carbocycles. The Labute approximate surface area is 510 Å². The Morgan fingerprint density at radius 1 is 0.679 bits per heavy atom. The minimum atomic E-state index is -1.05. The van der Waals surface area contributed by atoms with Gasteiger partial charge in [-0.15, -0.1) is 0 Å². The Balaban J connectivity index is 0.000000256. The normalized spacial score (nSPS) is 16.0. The first-order valence-corrected chi connectivity index (χ1v) is 24.1. The van der Waals surface area contributed by atoms with Gasteiger partial charge in [0.2, 0.25) is 18.6 Å². The van der Waals surface area contributed by atoms with E-state index in [2.05, 4.69) is 14.9 Å². The molecule has 0 aliphatic carbocycles. The largest absolute Gasteiger partial charge is 1.00 e. The van der Waals surface area contributed by atoms with Crippen LogP contribution in [0.2, 0.25) is 0 Å². The van der Waals surface area contributed by atoms with Crippen LogP contribution in [0.15, 0.2) is 48.8 Å². The van der Waals surface area contributed by atoms with E-state index in [0.29, 0.717) is 43.2 Å². The molecule has 4 aliphatic rings. The summed E-state index contributed by atoms with van der Waals surface area (Å²) in [6.07, 6.45) is -1.28. The van der Waals surface area contributed by atoms with Gasteiger partial charge in [0.05, 0.1) is 85.9 Å². The van der Waals surface area contributed by atoms with Crippen LogP contribution in [0.4, 0.5) is 50.7 Å². The van der Waals surface area contributed by atoms with Crippen molar-refractivity contribution in [3.8, 4) is 0 Å². The molecule has 0 N–H and O–H groups in total. The van der Waals surface area contributed by atoms with Crippen LogP contribution in [-0.4, -0.2) is 180 Å². The summed E-state index contributed by atoms with van der Waals surface area (Å²) < 4.78 is 58.3. The van der Waals surface area contributed by atoms with Crippen molar-refractivity contribution in [3.63, 3.8) is 0 Å². The number of amides is 6. The molecule has 30 heteroatoms. The zero-order valence-electron chi connectivity index (χ0n) is 44.5. The third-order valence-corrected chi connectivity index (χ3v) is 11.9. The van der Waals surface area contributed by atoms with E-state index >= 15 is 4.39 Å². The number of imide groups is 2. The summed E-state index contributed by atoms with van der Waals surface area (Å²) in [5, 5.41) is 18.4. The van der Waals surface area contributed by atoms with Gasteiger partial charge in [0.1, 0.15) is 23.8 Å². The topological polar surface area (TPSA) is 267 Å². The van der Waals surface area contributed by atoms with E-state index in [1.165, 1.54) is 33.8 Å². The van der Waals surface area contributed by atoms with Crippen molar-refractivity contribution in [1.29, 1.82) is 0 Å². The number of aromatic nitrogens is 4. The number of anilines is 4. The van der Waals surface area contributed by atoms with Crippen molar-refractivity contribution >= 4 is 82.5 Å². The standard InChI is InChI=1S/C24H29FN6O7.C20H21ClFN5O5.C4H9NO2.Cs/c1-15(32)30(23(34)37-14-36-22(33)13-27(2)3)10-18-11-31(24(35)38-18)17-5-6-21(19(25)7-17)29-9-16-8-28(4)26-20(16)12-29;1-12(28)26(19(29)31-11-21)8-15-9-27(20(30)32-15)14-3-4-18(16(22)5-14)25-7-13-6-24(2)23-17(13)10-25;1-5(2)3-4(6)7;/h5-8,18H,9-14H2,1-4H3;3-6,15H,7-11H2,1-2H3;3H2,1-2H3,(H,6,7);/q;;;+1/p-1/t18-;15-;;/m00../s1. The molecule has 4 aliphatic heterocycles. The number of aliphatic carboxylic acids is 1. The number of carbonyl (C=O) groups excluding carboxylic acids is 8. The van der Waals surface area contributed by atoms with Gasteiger partial charge >= 0.3 is 99.2 Å². The molecule has 2 aromatic carbocycles. The Bertz CT molecular complexity index is 2830. The van der Waals surface area contributed by atoms with Gasteiger partial charge in [0.15, 0.2) is 6.07 Å². The van der Waals surface area contributed by atoms with Gasteiger partial charge in [-0.1, -0.05) is 11.6 Å². The smallest absolute Gasteiger partial charge is 0.549 e. The first-order chi connectivity index (χ1) is 36.4. The summed E-state index contributed by atoms with van der Waals surface area (Å²) in [5.41, 5.74) is 5.26. The van der Waals surface area contributed by atoms with Crippen molar-refractivity contribution in [2.45, 2.75) is 52.2 Å². The van der Waals surface area contributed by atoms with Crippen LogP contribution in [0.3, 0.4) is 0 Å². The molecule has 26 nitrogen and oxygen atoms in total. The summed E-state index contributed by atoms with van der Waals surface area (Å²) in [6.45, 7) is 3.23. The van der Waals surface area contributed by atoms with Crippen molar-refractivity contribution in [3.05, 3.63) is 82.9 Å². The maximum Gasteiger partial charge on any atom is 1.00 e. The molecule has 0 bridgehead atoms. The maximum atomic E-state index is 15.1. The number of carboxylic acids is 1.